The van der Waals surface area contributed by atoms with Gasteiger partial charge in [0.1, 0.15) is 5.69 Å². The highest BCUT2D eigenvalue weighted by Crippen LogP contribution is 2.20. The van der Waals surface area contributed by atoms with Gasteiger partial charge in [-0.3, -0.25) is 14.5 Å². The second-order valence-corrected chi connectivity index (χ2v) is 8.85. The average molecular weight is 462 g/mol. The largest absolute Gasteiger partial charge is 0.378 e. The lowest BCUT2D eigenvalue weighted by Gasteiger charge is -2.34. The number of nitrogens with one attached hydrogen (secondary N) is 2. The third-order valence-corrected chi connectivity index (χ3v) is 6.60. The number of carbonyl (C=O) groups is 2. The van der Waals surface area contributed by atoms with E-state index in [1.807, 2.05) is 59.5 Å². The maximum absolute atomic E-state index is 12.9. The van der Waals surface area contributed by atoms with E-state index in [0.717, 1.165) is 61.7 Å². The number of hydrogen-bond acceptors (Lipinski definition) is 5. The number of carbonyl (C=O) groups excluding carboxylic acids is 2. The molecule has 2 aliphatic heterocycles. The van der Waals surface area contributed by atoms with Crippen LogP contribution >= 0.6 is 0 Å². The van der Waals surface area contributed by atoms with Crippen LogP contribution in [0.15, 0.2) is 54.6 Å². The summed E-state index contributed by atoms with van der Waals surface area (Å²) in [5, 5.41) is 4.04. The van der Waals surface area contributed by atoms with Gasteiger partial charge in [0.2, 0.25) is 5.91 Å². The molecule has 0 radical (unpaired) electrons. The van der Waals surface area contributed by atoms with E-state index in [1.165, 1.54) is 0 Å². The predicted octanol–water partition coefficient (Wildman–Crippen LogP) is 2.79. The quantitative estimate of drug-likeness (QED) is 0.590. The zero-order chi connectivity index (χ0) is 23.3. The second kappa shape index (κ2) is 10.3. The van der Waals surface area contributed by atoms with E-state index in [0.29, 0.717) is 31.7 Å². The molecule has 0 spiro atoms. The molecule has 3 heterocycles. The monoisotopic (exact) mass is 461 g/mol. The Bertz CT molecular complexity index is 1100. The van der Waals surface area contributed by atoms with E-state index >= 15 is 0 Å². The van der Waals surface area contributed by atoms with Crippen molar-refractivity contribution in [3.8, 4) is 0 Å². The number of benzene rings is 2. The molecule has 0 unspecified atom stereocenters. The topological polar surface area (TPSA) is 80.9 Å². The predicted molar refractivity (Wildman–Crippen MR) is 133 cm³/mol. The molecule has 0 aliphatic carbocycles. The molecular formula is C26H31N5O3. The number of morpholine rings is 1. The molecule has 2 fully saturated rings. The zero-order valence-corrected chi connectivity index (χ0v) is 19.3. The first kappa shape index (κ1) is 22.4. The molecule has 3 aromatic rings. The first-order valence-corrected chi connectivity index (χ1v) is 12.0. The second-order valence-electron chi connectivity index (χ2n) is 8.85. The van der Waals surface area contributed by atoms with Crippen LogP contribution in [-0.2, 0) is 9.53 Å². The molecule has 2 amide bonds. The van der Waals surface area contributed by atoms with E-state index in [4.69, 9.17) is 4.74 Å². The van der Waals surface area contributed by atoms with Gasteiger partial charge in [-0.1, -0.05) is 18.2 Å². The van der Waals surface area contributed by atoms with Gasteiger partial charge in [0, 0.05) is 74.5 Å². The van der Waals surface area contributed by atoms with Gasteiger partial charge in [-0.05, 0) is 36.4 Å². The van der Waals surface area contributed by atoms with E-state index in [1.54, 1.807) is 0 Å². The van der Waals surface area contributed by atoms with Crippen LogP contribution in [0.25, 0.3) is 10.9 Å². The fraction of sp³-hybridized carbons (Fsp3) is 0.385. The Morgan fingerprint density at radius 1 is 0.912 bits per heavy atom. The van der Waals surface area contributed by atoms with Crippen molar-refractivity contribution in [2.45, 2.75) is 6.42 Å². The van der Waals surface area contributed by atoms with Crippen LogP contribution < -0.4 is 10.2 Å². The zero-order valence-electron chi connectivity index (χ0n) is 19.3. The number of aromatic nitrogens is 1. The number of anilines is 2. The Hall–Kier alpha value is -3.36. The molecule has 5 rings (SSSR count). The maximum atomic E-state index is 12.9. The summed E-state index contributed by atoms with van der Waals surface area (Å²) in [6, 6.07) is 17.8. The molecular weight excluding hydrogens is 430 g/mol. The van der Waals surface area contributed by atoms with Gasteiger partial charge in [0.25, 0.3) is 5.91 Å². The summed E-state index contributed by atoms with van der Waals surface area (Å²) in [6.45, 7) is 6.86. The lowest BCUT2D eigenvalue weighted by Crippen LogP contribution is -2.49. The summed E-state index contributed by atoms with van der Waals surface area (Å²) in [5.41, 5.74) is 3.58. The molecule has 34 heavy (non-hydrogen) atoms. The fourth-order valence-corrected chi connectivity index (χ4v) is 4.59. The van der Waals surface area contributed by atoms with Crippen molar-refractivity contribution >= 4 is 34.1 Å². The van der Waals surface area contributed by atoms with Crippen LogP contribution in [0.3, 0.4) is 0 Å². The number of amides is 2. The first-order chi connectivity index (χ1) is 16.7. The third-order valence-electron chi connectivity index (χ3n) is 6.60. The van der Waals surface area contributed by atoms with Crippen LogP contribution in [0.4, 0.5) is 11.4 Å². The highest BCUT2D eigenvalue weighted by atomic mass is 16.5. The van der Waals surface area contributed by atoms with Crippen molar-refractivity contribution in [2.75, 3.05) is 69.2 Å². The molecule has 8 nitrogen and oxygen atoms in total. The van der Waals surface area contributed by atoms with Crippen molar-refractivity contribution in [3.63, 3.8) is 0 Å². The number of hydrogen-bond donors (Lipinski definition) is 2. The van der Waals surface area contributed by atoms with Gasteiger partial charge >= 0.3 is 0 Å². The van der Waals surface area contributed by atoms with Crippen molar-refractivity contribution in [1.29, 1.82) is 0 Å². The van der Waals surface area contributed by atoms with Gasteiger partial charge in [0.15, 0.2) is 0 Å². The summed E-state index contributed by atoms with van der Waals surface area (Å²) >= 11 is 0. The molecule has 0 bridgehead atoms. The van der Waals surface area contributed by atoms with E-state index in [2.05, 4.69) is 20.1 Å². The number of aromatic amines is 1. The smallest absolute Gasteiger partial charge is 0.270 e. The van der Waals surface area contributed by atoms with Crippen molar-refractivity contribution in [1.82, 2.24) is 14.8 Å². The van der Waals surface area contributed by atoms with Crippen LogP contribution in [0.5, 0.6) is 0 Å². The molecule has 2 aromatic carbocycles. The summed E-state index contributed by atoms with van der Waals surface area (Å²) in [6.07, 6.45) is 0.432. The van der Waals surface area contributed by atoms with E-state index < -0.39 is 0 Å². The number of ether oxygens (including phenoxy) is 1. The lowest BCUT2D eigenvalue weighted by atomic mass is 10.2. The highest BCUT2D eigenvalue weighted by molar-refractivity contribution is 5.98. The summed E-state index contributed by atoms with van der Waals surface area (Å²) in [5.74, 6) is 0.0461. The minimum Gasteiger partial charge on any atom is -0.378 e. The van der Waals surface area contributed by atoms with Crippen molar-refractivity contribution in [3.05, 3.63) is 60.3 Å². The SMILES string of the molecule is O=C(CCN1CCN(C(=O)c2cc3ccccc3[nH]2)CC1)Nc1ccc(N2CCOCC2)cc1. The Morgan fingerprint density at radius 2 is 1.65 bits per heavy atom. The van der Waals surface area contributed by atoms with Gasteiger partial charge < -0.3 is 24.8 Å². The Balaban J connectivity index is 1.05. The standard InChI is InChI=1S/C26H31N5O3/c32-25(27-21-5-7-22(8-6-21)30-15-17-34-18-16-30)9-10-29-11-13-31(14-12-29)26(33)24-19-20-3-1-2-4-23(20)28-24/h1-8,19,28H,9-18H2,(H,27,32). The highest BCUT2D eigenvalue weighted by Gasteiger charge is 2.23. The molecule has 1 aromatic heterocycles. The lowest BCUT2D eigenvalue weighted by molar-refractivity contribution is -0.116. The number of fused-ring (bicyclic) bond motifs is 1. The molecule has 2 N–H and O–H groups in total. The average Bonchev–Trinajstić information content (AvgIpc) is 3.33. The van der Waals surface area contributed by atoms with Crippen molar-refractivity contribution < 1.29 is 14.3 Å². The van der Waals surface area contributed by atoms with Crippen LogP contribution in [0, 0.1) is 0 Å². The number of nitrogens with zero attached hydrogens (tertiary/aromatic N) is 3. The van der Waals surface area contributed by atoms with E-state index in [9.17, 15) is 9.59 Å². The summed E-state index contributed by atoms with van der Waals surface area (Å²) in [4.78, 5) is 35.0. The molecule has 0 atom stereocenters. The fourth-order valence-electron chi connectivity index (χ4n) is 4.59. The van der Waals surface area contributed by atoms with Crippen LogP contribution in [-0.4, -0.2) is 85.6 Å². The number of para-hydroxylation sites is 1. The number of rotatable bonds is 6. The minimum absolute atomic E-state index is 0.00991. The van der Waals surface area contributed by atoms with Crippen molar-refractivity contribution in [2.24, 2.45) is 0 Å². The Morgan fingerprint density at radius 3 is 2.38 bits per heavy atom. The molecule has 2 saturated heterocycles. The normalized spacial score (nSPS) is 17.2. The Labute approximate surface area is 199 Å². The molecule has 2 aliphatic rings. The van der Waals surface area contributed by atoms with Gasteiger partial charge in [-0.25, -0.2) is 0 Å². The van der Waals surface area contributed by atoms with Gasteiger partial charge in [-0.15, -0.1) is 0 Å². The number of piperazine rings is 1. The number of H-pyrrole nitrogens is 1. The van der Waals surface area contributed by atoms with Crippen LogP contribution in [0.1, 0.15) is 16.9 Å². The maximum Gasteiger partial charge on any atom is 0.270 e. The third kappa shape index (κ3) is 5.24. The van der Waals surface area contributed by atoms with Crippen LogP contribution in [0.2, 0.25) is 0 Å². The minimum atomic E-state index is 0.00991. The van der Waals surface area contributed by atoms with Gasteiger partial charge in [0.05, 0.1) is 13.2 Å². The molecule has 178 valence electrons. The molecule has 0 saturated carbocycles. The van der Waals surface area contributed by atoms with Gasteiger partial charge in [-0.2, -0.15) is 0 Å². The molecule has 8 heteroatoms. The van der Waals surface area contributed by atoms with E-state index in [-0.39, 0.29) is 11.8 Å². The first-order valence-electron chi connectivity index (χ1n) is 12.0. The summed E-state index contributed by atoms with van der Waals surface area (Å²) in [7, 11) is 0. The summed E-state index contributed by atoms with van der Waals surface area (Å²) < 4.78 is 5.40. The Kier molecular flexibility index (Phi) is 6.78.